The zero-order valence-corrected chi connectivity index (χ0v) is 13.5. The summed E-state index contributed by atoms with van der Waals surface area (Å²) in [5, 5.41) is 10.7. The fraction of sp³-hybridized carbons (Fsp3) is 0.105. The van der Waals surface area contributed by atoms with Crippen molar-refractivity contribution >= 4 is 11.7 Å². The highest BCUT2D eigenvalue weighted by Crippen LogP contribution is 2.25. The van der Waals surface area contributed by atoms with Crippen LogP contribution in [0, 0.1) is 17.0 Å². The van der Waals surface area contributed by atoms with Gasteiger partial charge in [-0.3, -0.25) is 10.1 Å². The molecule has 0 aliphatic carbocycles. The van der Waals surface area contributed by atoms with Crippen molar-refractivity contribution in [3.8, 4) is 11.3 Å². The van der Waals surface area contributed by atoms with Gasteiger partial charge >= 0.3 is 5.97 Å². The van der Waals surface area contributed by atoms with Crippen molar-refractivity contribution in [2.75, 3.05) is 0 Å². The van der Waals surface area contributed by atoms with Gasteiger partial charge in [0, 0.05) is 17.7 Å². The Kier molecular flexibility index (Phi) is 4.61. The van der Waals surface area contributed by atoms with E-state index in [2.05, 4.69) is 0 Å². The second-order valence-corrected chi connectivity index (χ2v) is 5.53. The molecule has 0 N–H and O–H groups in total. The molecule has 0 unspecified atom stereocenters. The minimum Gasteiger partial charge on any atom is -0.455 e. The van der Waals surface area contributed by atoms with Crippen LogP contribution in [-0.4, -0.2) is 10.9 Å². The fourth-order valence-electron chi connectivity index (χ4n) is 2.37. The molecule has 0 amide bonds. The molecule has 0 aliphatic rings. The van der Waals surface area contributed by atoms with Gasteiger partial charge in [-0.15, -0.1) is 0 Å². The van der Waals surface area contributed by atoms with E-state index < -0.39 is 10.9 Å². The van der Waals surface area contributed by atoms with E-state index in [4.69, 9.17) is 9.15 Å². The number of hydrogen-bond donors (Lipinski definition) is 0. The summed E-state index contributed by atoms with van der Waals surface area (Å²) in [5.74, 6) is -0.0342. The predicted octanol–water partition coefficient (Wildman–Crippen LogP) is 4.52. The summed E-state index contributed by atoms with van der Waals surface area (Å²) in [6.45, 7) is 2.13. The minimum absolute atomic E-state index is 0.00639. The van der Waals surface area contributed by atoms with Crippen LogP contribution < -0.4 is 0 Å². The highest BCUT2D eigenvalue weighted by atomic mass is 16.6. The Bertz CT molecular complexity index is 912. The van der Waals surface area contributed by atoms with Gasteiger partial charge in [-0.1, -0.05) is 29.8 Å². The first-order valence-electron chi connectivity index (χ1n) is 7.60. The van der Waals surface area contributed by atoms with E-state index in [1.54, 1.807) is 18.2 Å². The van der Waals surface area contributed by atoms with Gasteiger partial charge in [0.15, 0.2) is 0 Å². The Hall–Kier alpha value is -3.41. The van der Waals surface area contributed by atoms with Crippen LogP contribution in [0.2, 0.25) is 0 Å². The first-order chi connectivity index (χ1) is 12.0. The molecule has 126 valence electrons. The molecule has 1 heterocycles. The molecule has 0 aliphatic heterocycles. The predicted molar refractivity (Wildman–Crippen MR) is 91.1 cm³/mol. The average Bonchev–Trinajstić information content (AvgIpc) is 3.10. The summed E-state index contributed by atoms with van der Waals surface area (Å²) >= 11 is 0. The van der Waals surface area contributed by atoms with Gasteiger partial charge in [-0.2, -0.15) is 0 Å². The zero-order chi connectivity index (χ0) is 17.8. The van der Waals surface area contributed by atoms with Gasteiger partial charge in [0.2, 0.25) is 5.76 Å². The number of nitro groups is 1. The number of nitro benzene ring substituents is 1. The van der Waals surface area contributed by atoms with Crippen molar-refractivity contribution in [3.05, 3.63) is 87.7 Å². The van der Waals surface area contributed by atoms with Crippen LogP contribution >= 0.6 is 0 Å². The lowest BCUT2D eigenvalue weighted by Crippen LogP contribution is -2.04. The van der Waals surface area contributed by atoms with Gasteiger partial charge in [-0.05, 0) is 36.8 Å². The van der Waals surface area contributed by atoms with Crippen molar-refractivity contribution in [3.63, 3.8) is 0 Å². The molecule has 6 heteroatoms. The molecule has 3 aromatic rings. The van der Waals surface area contributed by atoms with Gasteiger partial charge in [0.1, 0.15) is 12.4 Å². The molecular formula is C19H15NO5. The van der Waals surface area contributed by atoms with Crippen LogP contribution in [0.25, 0.3) is 11.3 Å². The number of furan rings is 1. The maximum Gasteiger partial charge on any atom is 0.374 e. The quantitative estimate of drug-likeness (QED) is 0.388. The third-order valence-corrected chi connectivity index (χ3v) is 3.62. The van der Waals surface area contributed by atoms with E-state index >= 15 is 0 Å². The summed E-state index contributed by atoms with van der Waals surface area (Å²) in [7, 11) is 0. The maximum atomic E-state index is 12.1. The van der Waals surface area contributed by atoms with Crippen molar-refractivity contribution in [2.45, 2.75) is 13.5 Å². The number of non-ortho nitro benzene ring substituents is 1. The summed E-state index contributed by atoms with van der Waals surface area (Å²) in [6, 6.07) is 16.7. The maximum absolute atomic E-state index is 12.1. The average molecular weight is 337 g/mol. The normalized spacial score (nSPS) is 10.4. The van der Waals surface area contributed by atoms with E-state index in [1.165, 1.54) is 18.2 Å². The van der Waals surface area contributed by atoms with Crippen LogP contribution in [0.5, 0.6) is 0 Å². The number of aryl methyl sites for hydroxylation is 1. The van der Waals surface area contributed by atoms with Gasteiger partial charge in [0.25, 0.3) is 5.69 Å². The molecular weight excluding hydrogens is 322 g/mol. The third-order valence-electron chi connectivity index (χ3n) is 3.62. The molecule has 0 atom stereocenters. The molecule has 1 aromatic heterocycles. The van der Waals surface area contributed by atoms with Crippen molar-refractivity contribution in [2.24, 2.45) is 0 Å². The summed E-state index contributed by atoms with van der Waals surface area (Å²) in [4.78, 5) is 22.3. The van der Waals surface area contributed by atoms with Crippen LogP contribution in [0.15, 0.2) is 65.1 Å². The van der Waals surface area contributed by atoms with Crippen LogP contribution in [-0.2, 0) is 11.3 Å². The molecule has 2 aromatic carbocycles. The lowest BCUT2D eigenvalue weighted by molar-refractivity contribution is -0.384. The number of carbonyl (C=O) groups is 1. The standard InChI is InChI=1S/C19H15NO5/c1-13-3-2-4-14(11-13)12-24-19(21)18-10-9-17(25-18)15-5-7-16(8-6-15)20(22)23/h2-11H,12H2,1H3. The number of carbonyl (C=O) groups excluding carboxylic acids is 1. The number of esters is 1. The molecule has 0 saturated carbocycles. The Morgan fingerprint density at radius 1 is 1.12 bits per heavy atom. The summed E-state index contributed by atoms with van der Waals surface area (Å²) < 4.78 is 10.7. The van der Waals surface area contributed by atoms with Crippen LogP contribution in [0.3, 0.4) is 0 Å². The Labute approximate surface area is 143 Å². The molecule has 0 spiro atoms. The highest BCUT2D eigenvalue weighted by Gasteiger charge is 2.14. The van der Waals surface area contributed by atoms with Crippen molar-refractivity contribution in [1.82, 2.24) is 0 Å². The van der Waals surface area contributed by atoms with Crippen LogP contribution in [0.4, 0.5) is 5.69 Å². The van der Waals surface area contributed by atoms with E-state index in [-0.39, 0.29) is 18.1 Å². The monoisotopic (exact) mass is 337 g/mol. The van der Waals surface area contributed by atoms with E-state index in [0.29, 0.717) is 11.3 Å². The number of rotatable bonds is 5. The van der Waals surface area contributed by atoms with Gasteiger partial charge in [0.05, 0.1) is 4.92 Å². The number of nitrogens with zero attached hydrogens (tertiary/aromatic N) is 1. The lowest BCUT2D eigenvalue weighted by Gasteiger charge is -2.04. The number of hydrogen-bond acceptors (Lipinski definition) is 5. The molecule has 0 saturated heterocycles. The Balaban J connectivity index is 1.68. The minimum atomic E-state index is -0.560. The van der Waals surface area contributed by atoms with Crippen LogP contribution in [0.1, 0.15) is 21.7 Å². The molecule has 0 radical (unpaired) electrons. The Morgan fingerprint density at radius 2 is 1.88 bits per heavy atom. The summed E-state index contributed by atoms with van der Waals surface area (Å²) in [6.07, 6.45) is 0. The molecule has 25 heavy (non-hydrogen) atoms. The SMILES string of the molecule is Cc1cccc(COC(=O)c2ccc(-c3ccc([N+](=O)[O-])cc3)o2)c1. The summed E-state index contributed by atoms with van der Waals surface area (Å²) in [5.41, 5.74) is 2.62. The van der Waals surface area contributed by atoms with E-state index in [1.807, 2.05) is 31.2 Å². The zero-order valence-electron chi connectivity index (χ0n) is 13.5. The molecule has 0 bridgehead atoms. The number of benzene rings is 2. The second-order valence-electron chi connectivity index (χ2n) is 5.53. The number of ether oxygens (including phenoxy) is 1. The van der Waals surface area contributed by atoms with E-state index in [9.17, 15) is 14.9 Å². The van der Waals surface area contributed by atoms with Gasteiger partial charge < -0.3 is 9.15 Å². The first kappa shape index (κ1) is 16.4. The van der Waals surface area contributed by atoms with E-state index in [0.717, 1.165) is 11.1 Å². The molecule has 6 nitrogen and oxygen atoms in total. The highest BCUT2D eigenvalue weighted by molar-refractivity contribution is 5.87. The van der Waals surface area contributed by atoms with Crippen molar-refractivity contribution < 1.29 is 18.9 Å². The molecule has 3 rings (SSSR count). The fourth-order valence-corrected chi connectivity index (χ4v) is 2.37. The Morgan fingerprint density at radius 3 is 2.56 bits per heavy atom. The largest absolute Gasteiger partial charge is 0.455 e. The topological polar surface area (TPSA) is 82.6 Å². The smallest absolute Gasteiger partial charge is 0.374 e. The first-order valence-corrected chi connectivity index (χ1v) is 7.60. The van der Waals surface area contributed by atoms with Gasteiger partial charge in [-0.25, -0.2) is 4.79 Å². The third kappa shape index (κ3) is 3.92. The van der Waals surface area contributed by atoms with Crippen molar-refractivity contribution in [1.29, 1.82) is 0 Å². The lowest BCUT2D eigenvalue weighted by atomic mass is 10.1. The second kappa shape index (κ2) is 7.00. The molecule has 0 fully saturated rings.